The summed E-state index contributed by atoms with van der Waals surface area (Å²) < 4.78 is 1.60. The van der Waals surface area contributed by atoms with E-state index < -0.39 is 0 Å². The van der Waals surface area contributed by atoms with Gasteiger partial charge in [0.05, 0.1) is 5.52 Å². The van der Waals surface area contributed by atoms with Gasteiger partial charge >= 0.3 is 0 Å². The molecular formula is C21H19ClN4O. The van der Waals surface area contributed by atoms with Crippen LogP contribution in [0.15, 0.2) is 54.7 Å². The molecule has 2 aromatic heterocycles. The van der Waals surface area contributed by atoms with Crippen molar-refractivity contribution in [3.05, 3.63) is 76.6 Å². The van der Waals surface area contributed by atoms with Crippen LogP contribution in [0.4, 0.5) is 0 Å². The first-order valence-electron chi connectivity index (χ1n) is 8.67. The molecule has 0 atom stereocenters. The van der Waals surface area contributed by atoms with E-state index in [2.05, 4.69) is 34.5 Å². The van der Waals surface area contributed by atoms with E-state index >= 15 is 0 Å². The third kappa shape index (κ3) is 3.34. The molecule has 0 aliphatic rings. The fraction of sp³-hybridized carbons (Fsp3) is 0.143. The third-order valence-electron chi connectivity index (χ3n) is 4.66. The number of aromatic nitrogens is 3. The minimum atomic E-state index is -0.213. The number of amides is 1. The molecule has 0 unspecified atom stereocenters. The molecule has 0 saturated heterocycles. The average molecular weight is 379 g/mol. The van der Waals surface area contributed by atoms with E-state index in [4.69, 9.17) is 11.6 Å². The van der Waals surface area contributed by atoms with Gasteiger partial charge in [0.25, 0.3) is 5.91 Å². The zero-order valence-corrected chi connectivity index (χ0v) is 15.8. The number of halogens is 1. The number of rotatable bonds is 4. The Bertz CT molecular complexity index is 1130. The fourth-order valence-electron chi connectivity index (χ4n) is 3.30. The number of nitrogens with zero attached hydrogens (tertiary/aromatic N) is 2. The molecule has 27 heavy (non-hydrogen) atoms. The quantitative estimate of drug-likeness (QED) is 0.550. The van der Waals surface area contributed by atoms with Crippen molar-refractivity contribution >= 4 is 28.4 Å². The molecule has 0 bridgehead atoms. The molecule has 4 aromatic rings. The monoisotopic (exact) mass is 378 g/mol. The Balaban J connectivity index is 1.69. The molecule has 6 heteroatoms. The number of fused-ring (bicyclic) bond motifs is 1. The zero-order chi connectivity index (χ0) is 19.0. The molecule has 0 aliphatic heterocycles. The second-order valence-electron chi connectivity index (χ2n) is 6.54. The van der Waals surface area contributed by atoms with Gasteiger partial charge in [0.15, 0.2) is 0 Å². The van der Waals surface area contributed by atoms with Crippen molar-refractivity contribution in [2.24, 2.45) is 7.05 Å². The van der Waals surface area contributed by atoms with Gasteiger partial charge in [-0.3, -0.25) is 9.48 Å². The van der Waals surface area contributed by atoms with E-state index in [1.807, 2.05) is 30.3 Å². The number of hydrogen-bond acceptors (Lipinski definition) is 2. The van der Waals surface area contributed by atoms with E-state index in [1.165, 1.54) is 0 Å². The van der Waals surface area contributed by atoms with Gasteiger partial charge in [0.1, 0.15) is 5.69 Å². The highest BCUT2D eigenvalue weighted by molar-refractivity contribution is 6.31. The maximum atomic E-state index is 12.3. The summed E-state index contributed by atoms with van der Waals surface area (Å²) in [5, 5.41) is 8.76. The first-order valence-corrected chi connectivity index (χ1v) is 9.04. The number of H-pyrrole nitrogens is 1. The van der Waals surface area contributed by atoms with E-state index in [1.54, 1.807) is 24.0 Å². The molecule has 2 N–H and O–H groups in total. The predicted octanol–water partition coefficient (Wildman–Crippen LogP) is 4.46. The summed E-state index contributed by atoms with van der Waals surface area (Å²) in [6, 6.07) is 15.7. The van der Waals surface area contributed by atoms with Crippen LogP contribution in [0.2, 0.25) is 5.02 Å². The van der Waals surface area contributed by atoms with Crippen molar-refractivity contribution in [1.82, 2.24) is 20.1 Å². The average Bonchev–Trinajstić information content (AvgIpc) is 3.24. The smallest absolute Gasteiger partial charge is 0.272 e. The molecule has 0 radical (unpaired) electrons. The number of benzene rings is 2. The number of aryl methyl sites for hydroxylation is 2. The summed E-state index contributed by atoms with van der Waals surface area (Å²) in [5.74, 6) is -0.213. The lowest BCUT2D eigenvalue weighted by atomic mass is 10.1. The summed E-state index contributed by atoms with van der Waals surface area (Å²) in [7, 11) is 1.78. The summed E-state index contributed by atoms with van der Waals surface area (Å²) >= 11 is 6.34. The number of hydrogen-bond donors (Lipinski definition) is 2. The Kier molecular flexibility index (Phi) is 4.46. The summed E-state index contributed by atoms with van der Waals surface area (Å²) in [5.41, 5.74) is 5.62. The Morgan fingerprint density at radius 2 is 2.00 bits per heavy atom. The molecule has 0 saturated carbocycles. The largest absolute Gasteiger partial charge is 0.354 e. The highest BCUT2D eigenvalue weighted by Gasteiger charge is 2.15. The Morgan fingerprint density at radius 3 is 2.70 bits per heavy atom. The maximum Gasteiger partial charge on any atom is 0.272 e. The first-order chi connectivity index (χ1) is 13.0. The molecule has 0 fully saturated rings. The van der Waals surface area contributed by atoms with Gasteiger partial charge in [-0.05, 0) is 41.8 Å². The van der Waals surface area contributed by atoms with Crippen molar-refractivity contribution in [2.45, 2.75) is 13.5 Å². The highest BCUT2D eigenvalue weighted by Crippen LogP contribution is 2.33. The van der Waals surface area contributed by atoms with Gasteiger partial charge in [-0.2, -0.15) is 5.10 Å². The predicted molar refractivity (Wildman–Crippen MR) is 108 cm³/mol. The van der Waals surface area contributed by atoms with Gasteiger partial charge in [0, 0.05) is 35.9 Å². The van der Waals surface area contributed by atoms with E-state index in [9.17, 15) is 4.79 Å². The molecule has 2 heterocycles. The minimum Gasteiger partial charge on any atom is -0.354 e. The molecule has 4 rings (SSSR count). The van der Waals surface area contributed by atoms with Crippen LogP contribution in [0.5, 0.6) is 0 Å². The lowest BCUT2D eigenvalue weighted by molar-refractivity contribution is 0.0945. The van der Waals surface area contributed by atoms with Crippen LogP contribution in [0.25, 0.3) is 22.2 Å². The normalized spacial score (nSPS) is 11.1. The van der Waals surface area contributed by atoms with Crippen LogP contribution in [-0.4, -0.2) is 20.7 Å². The number of carbonyl (C=O) groups is 1. The van der Waals surface area contributed by atoms with Crippen LogP contribution in [0.3, 0.4) is 0 Å². The Morgan fingerprint density at radius 1 is 1.22 bits per heavy atom. The van der Waals surface area contributed by atoms with Gasteiger partial charge in [-0.15, -0.1) is 0 Å². The molecule has 136 valence electrons. The highest BCUT2D eigenvalue weighted by atomic mass is 35.5. The van der Waals surface area contributed by atoms with Gasteiger partial charge in [-0.1, -0.05) is 41.9 Å². The first kappa shape index (κ1) is 17.4. The number of carbonyl (C=O) groups excluding carboxylic acids is 1. The fourth-order valence-corrected chi connectivity index (χ4v) is 3.54. The summed E-state index contributed by atoms with van der Waals surface area (Å²) in [4.78, 5) is 15.8. The van der Waals surface area contributed by atoms with E-state index in [0.717, 1.165) is 33.3 Å². The molecule has 5 nitrogen and oxygen atoms in total. The van der Waals surface area contributed by atoms with Crippen LogP contribution < -0.4 is 5.32 Å². The number of aromatic amines is 1. The molecule has 2 aromatic carbocycles. The minimum absolute atomic E-state index is 0.213. The van der Waals surface area contributed by atoms with Crippen molar-refractivity contribution in [3.8, 4) is 11.3 Å². The zero-order valence-electron chi connectivity index (χ0n) is 15.1. The van der Waals surface area contributed by atoms with Crippen molar-refractivity contribution in [3.63, 3.8) is 0 Å². The summed E-state index contributed by atoms with van der Waals surface area (Å²) in [6.45, 7) is 2.44. The lowest BCUT2D eigenvalue weighted by Crippen LogP contribution is -2.23. The van der Waals surface area contributed by atoms with E-state index in [-0.39, 0.29) is 5.91 Å². The van der Waals surface area contributed by atoms with Crippen molar-refractivity contribution in [2.75, 3.05) is 0 Å². The topological polar surface area (TPSA) is 62.7 Å². The van der Waals surface area contributed by atoms with Crippen molar-refractivity contribution < 1.29 is 4.79 Å². The third-order valence-corrected chi connectivity index (χ3v) is 4.88. The molecule has 1 amide bonds. The molecule has 0 spiro atoms. The van der Waals surface area contributed by atoms with E-state index in [0.29, 0.717) is 17.3 Å². The standard InChI is InChI=1S/C21H19ClN4O/c1-13-17-11-16(22)10-15(12-23-21(27)18-8-9-26(2)25-18)20(17)24-19(13)14-6-4-3-5-7-14/h3-11,24H,12H2,1-2H3,(H,23,27). The van der Waals surface area contributed by atoms with Crippen LogP contribution in [-0.2, 0) is 13.6 Å². The van der Waals surface area contributed by atoms with Crippen LogP contribution in [0.1, 0.15) is 21.6 Å². The van der Waals surface area contributed by atoms with Crippen molar-refractivity contribution in [1.29, 1.82) is 0 Å². The number of nitrogens with one attached hydrogen (secondary N) is 2. The van der Waals surface area contributed by atoms with Gasteiger partial charge in [0.2, 0.25) is 0 Å². The second-order valence-corrected chi connectivity index (χ2v) is 6.97. The summed E-state index contributed by atoms with van der Waals surface area (Å²) in [6.07, 6.45) is 1.74. The van der Waals surface area contributed by atoms with Crippen LogP contribution >= 0.6 is 11.6 Å². The Hall–Kier alpha value is -3.05. The second kappa shape index (κ2) is 6.93. The lowest BCUT2D eigenvalue weighted by Gasteiger charge is -2.06. The molecular weight excluding hydrogens is 360 g/mol. The Labute approximate surface area is 162 Å². The van der Waals surface area contributed by atoms with Gasteiger partial charge in [-0.25, -0.2) is 0 Å². The molecule has 0 aliphatic carbocycles. The SMILES string of the molecule is Cc1c(-c2ccccc2)[nH]c2c(CNC(=O)c3ccn(C)n3)cc(Cl)cc12. The maximum absolute atomic E-state index is 12.3. The van der Waals surface area contributed by atoms with Gasteiger partial charge < -0.3 is 10.3 Å². The van der Waals surface area contributed by atoms with Crippen LogP contribution in [0, 0.1) is 6.92 Å².